The van der Waals surface area contributed by atoms with Crippen molar-refractivity contribution in [3.63, 3.8) is 0 Å². The first kappa shape index (κ1) is 42.9. The Hall–Kier alpha value is -5.76. The molecular weight excluding hydrogens is 773 g/mol. The Bertz CT molecular complexity index is 2320. The molecule has 8 rings (SSSR count). The Morgan fingerprint density at radius 3 is 2.10 bits per heavy atom. The van der Waals surface area contributed by atoms with Crippen molar-refractivity contribution in [2.75, 3.05) is 0 Å². The number of nitrogens with zero attached hydrogens (tertiary/aromatic N) is 1. The van der Waals surface area contributed by atoms with Crippen molar-refractivity contribution in [1.82, 2.24) is 9.97 Å². The predicted octanol–water partition coefficient (Wildman–Crippen LogP) is 11.7. The van der Waals surface area contributed by atoms with Gasteiger partial charge in [-0.3, -0.25) is 0 Å². The van der Waals surface area contributed by atoms with Crippen molar-refractivity contribution < 1.29 is 28.6 Å². The fourth-order valence-corrected chi connectivity index (χ4v) is 10.7. The summed E-state index contributed by atoms with van der Waals surface area (Å²) in [5.41, 5.74) is 5.47. The van der Waals surface area contributed by atoms with Crippen molar-refractivity contribution in [2.24, 2.45) is 23.2 Å². The molecule has 1 aromatic heterocycles. The number of allylic oxidation sites excluding steroid dienone is 4. The van der Waals surface area contributed by atoms with Crippen molar-refractivity contribution in [2.45, 2.75) is 115 Å². The second-order valence-electron chi connectivity index (χ2n) is 18.2. The highest BCUT2D eigenvalue weighted by molar-refractivity contribution is 5.90. The van der Waals surface area contributed by atoms with E-state index in [0.717, 1.165) is 80.5 Å². The molecule has 3 aromatic carbocycles. The van der Waals surface area contributed by atoms with Crippen LogP contribution in [0.3, 0.4) is 0 Å². The maximum Gasteiger partial charge on any atom is 0.338 e. The van der Waals surface area contributed by atoms with E-state index in [1.165, 1.54) is 5.57 Å². The number of hydrogen-bond donors (Lipinski definition) is 1. The molecule has 8 heteroatoms. The summed E-state index contributed by atoms with van der Waals surface area (Å²) in [6.45, 7) is 11.4. The molecule has 0 saturated heterocycles. The molecule has 0 unspecified atom stereocenters. The van der Waals surface area contributed by atoms with Gasteiger partial charge in [0.15, 0.2) is 0 Å². The molecule has 1 N–H and O–H groups in total. The number of benzene rings is 3. The average Bonchev–Trinajstić information content (AvgIpc) is 3.82. The number of aromatic nitrogens is 2. The molecule has 0 aliphatic heterocycles. The third-order valence-electron chi connectivity index (χ3n) is 14.2. The summed E-state index contributed by atoms with van der Waals surface area (Å²) in [5.74, 6) is 0.914. The van der Waals surface area contributed by atoms with Crippen LogP contribution in [0.1, 0.15) is 128 Å². The van der Waals surface area contributed by atoms with E-state index >= 15 is 0 Å². The number of rotatable bonds is 14. The van der Waals surface area contributed by atoms with Crippen LogP contribution in [0, 0.1) is 23.2 Å². The minimum Gasteiger partial charge on any atom is -0.458 e. The Balaban J connectivity index is 1.01. The van der Waals surface area contributed by atoms with Crippen LogP contribution in [0.15, 0.2) is 145 Å². The highest BCUT2D eigenvalue weighted by Gasteiger charge is 2.55. The van der Waals surface area contributed by atoms with Gasteiger partial charge >= 0.3 is 17.9 Å². The lowest BCUT2D eigenvalue weighted by Crippen LogP contribution is -2.36. The molecule has 0 radical (unpaired) electrons. The Morgan fingerprint density at radius 1 is 0.839 bits per heavy atom. The zero-order valence-electron chi connectivity index (χ0n) is 36.4. The largest absolute Gasteiger partial charge is 0.458 e. The number of H-pyrrole nitrogens is 1. The number of aryl methyl sites for hydroxylation is 1. The summed E-state index contributed by atoms with van der Waals surface area (Å²) in [6.07, 6.45) is 19.4. The summed E-state index contributed by atoms with van der Waals surface area (Å²) >= 11 is 0. The molecule has 0 spiro atoms. The molecule has 4 aliphatic carbocycles. The summed E-state index contributed by atoms with van der Waals surface area (Å²) < 4.78 is 18.5. The van der Waals surface area contributed by atoms with Crippen molar-refractivity contribution >= 4 is 17.9 Å². The van der Waals surface area contributed by atoms with Gasteiger partial charge in [-0.15, -0.1) is 0 Å². The van der Waals surface area contributed by atoms with Crippen LogP contribution in [-0.2, 0) is 26.0 Å². The summed E-state index contributed by atoms with van der Waals surface area (Å²) in [6, 6.07) is 27.2. The van der Waals surface area contributed by atoms with E-state index in [1.54, 1.807) is 24.3 Å². The Labute approximate surface area is 366 Å². The average molecular weight is 833 g/mol. The van der Waals surface area contributed by atoms with Gasteiger partial charge in [0.05, 0.1) is 22.1 Å². The molecular formula is C54H60N2O6. The fraction of sp³-hybridized carbons (Fsp3) is 0.407. The topological polar surface area (TPSA) is 108 Å². The minimum absolute atomic E-state index is 0.0982. The number of fused-ring (bicyclic) bond motifs is 1. The van der Waals surface area contributed by atoms with Crippen LogP contribution in [0.25, 0.3) is 0 Å². The number of ether oxygens (including phenoxy) is 3. The van der Waals surface area contributed by atoms with Gasteiger partial charge in [0, 0.05) is 24.7 Å². The fourth-order valence-electron chi connectivity index (χ4n) is 10.7. The molecule has 4 fully saturated rings. The quantitative estimate of drug-likeness (QED) is 0.0766. The summed E-state index contributed by atoms with van der Waals surface area (Å²) in [7, 11) is 0. The zero-order chi connectivity index (χ0) is 43.3. The molecule has 4 aromatic rings. The van der Waals surface area contributed by atoms with E-state index < -0.39 is 30.3 Å². The van der Waals surface area contributed by atoms with Gasteiger partial charge in [0.1, 0.15) is 24.1 Å². The SMILES string of the molecule is C=C1/C(=C\C=C2/CCC[C@]3(C)[C@@H]([C@H](C)/C=C/[C@H](OC(=O)c4ccccc4)C4(c5ncc(CCC)[nH]5)CC4)CC[C@@H]23)C[C@@H](OC(=O)c2ccccc2)C[C@@H]1OC(=O)c1ccccc1. The van der Waals surface area contributed by atoms with Crippen LogP contribution in [0.2, 0.25) is 0 Å². The lowest BCUT2D eigenvalue weighted by molar-refractivity contribution is 0.00212. The highest BCUT2D eigenvalue weighted by atomic mass is 16.6. The summed E-state index contributed by atoms with van der Waals surface area (Å²) in [5, 5.41) is 0. The number of carbonyl (C=O) groups excluding carboxylic acids is 3. The van der Waals surface area contributed by atoms with Gasteiger partial charge in [-0.2, -0.15) is 0 Å². The first-order chi connectivity index (χ1) is 30.1. The molecule has 8 nitrogen and oxygen atoms in total. The van der Waals surface area contributed by atoms with Gasteiger partial charge in [0.25, 0.3) is 0 Å². The number of aromatic amines is 1. The van der Waals surface area contributed by atoms with E-state index in [2.05, 4.69) is 56.6 Å². The number of carbonyl (C=O) groups is 3. The lowest BCUT2D eigenvalue weighted by Gasteiger charge is -2.44. The number of imidazole rings is 1. The van der Waals surface area contributed by atoms with Gasteiger partial charge in [-0.05, 0) is 128 Å². The van der Waals surface area contributed by atoms with E-state index in [1.807, 2.05) is 72.9 Å². The van der Waals surface area contributed by atoms with Gasteiger partial charge < -0.3 is 19.2 Å². The van der Waals surface area contributed by atoms with Crippen LogP contribution in [0.4, 0.5) is 0 Å². The lowest BCUT2D eigenvalue weighted by atomic mass is 9.61. The molecule has 1 heterocycles. The number of esters is 3. The normalized spacial score (nSPS) is 26.5. The van der Waals surface area contributed by atoms with Crippen molar-refractivity contribution in [3.8, 4) is 0 Å². The van der Waals surface area contributed by atoms with Gasteiger partial charge in [0.2, 0.25) is 0 Å². The zero-order valence-corrected chi connectivity index (χ0v) is 36.4. The first-order valence-corrected chi connectivity index (χ1v) is 22.7. The minimum atomic E-state index is -0.633. The molecule has 7 atom stereocenters. The van der Waals surface area contributed by atoms with Gasteiger partial charge in [-0.25, -0.2) is 19.4 Å². The molecule has 62 heavy (non-hydrogen) atoms. The highest BCUT2D eigenvalue weighted by Crippen LogP contribution is 2.60. The van der Waals surface area contributed by atoms with Crippen LogP contribution >= 0.6 is 0 Å². The Kier molecular flexibility index (Phi) is 12.9. The van der Waals surface area contributed by atoms with Gasteiger partial charge in [-0.1, -0.05) is 112 Å². The molecule has 0 bridgehead atoms. The smallest absolute Gasteiger partial charge is 0.338 e. The van der Waals surface area contributed by atoms with Crippen LogP contribution in [0.5, 0.6) is 0 Å². The predicted molar refractivity (Wildman–Crippen MR) is 241 cm³/mol. The molecule has 322 valence electrons. The molecule has 4 saturated carbocycles. The van der Waals surface area contributed by atoms with Crippen LogP contribution in [-0.4, -0.2) is 46.2 Å². The number of hydrogen-bond acceptors (Lipinski definition) is 7. The molecule has 0 amide bonds. The van der Waals surface area contributed by atoms with E-state index in [9.17, 15) is 14.4 Å². The monoisotopic (exact) mass is 832 g/mol. The maximum absolute atomic E-state index is 13.5. The first-order valence-electron chi connectivity index (χ1n) is 22.7. The van der Waals surface area contributed by atoms with E-state index in [4.69, 9.17) is 19.2 Å². The third kappa shape index (κ3) is 9.20. The van der Waals surface area contributed by atoms with Crippen molar-refractivity contribution in [1.29, 1.82) is 0 Å². The number of nitrogens with one attached hydrogen (secondary N) is 1. The maximum atomic E-state index is 13.5. The van der Waals surface area contributed by atoms with E-state index in [0.29, 0.717) is 41.4 Å². The standard InChI is InChI=1S/C54H60N2O6/c1-5-16-43-35-55-52(56-43)54(31-32-54)48(62-51(59)41-21-13-8-14-22-41)29-24-36(2)45-27-28-46-38(23-15-30-53(45,46)4)25-26-42-33-44(60-49(57)39-17-9-6-10-18-39)34-47(37(42)3)61-50(58)40-19-11-7-12-20-40/h6-14,17-22,24-26,29,35-36,44-48H,3,5,15-16,23,27-28,30-34H2,1-2,4H3,(H,55,56)/b29-24+,38-25+,42-26-/t36-,44-,45-,46+,47+,48+,53-/m1/s1. The third-order valence-corrected chi connectivity index (χ3v) is 14.2. The summed E-state index contributed by atoms with van der Waals surface area (Å²) in [4.78, 5) is 48.4. The Morgan fingerprint density at radius 2 is 1.47 bits per heavy atom. The second-order valence-corrected chi connectivity index (χ2v) is 18.2. The second kappa shape index (κ2) is 18.7. The van der Waals surface area contributed by atoms with Crippen LogP contribution < -0.4 is 0 Å². The van der Waals surface area contributed by atoms with Crippen molar-refractivity contribution in [3.05, 3.63) is 173 Å². The van der Waals surface area contributed by atoms with E-state index in [-0.39, 0.29) is 22.7 Å². The molecule has 4 aliphatic rings.